The van der Waals surface area contributed by atoms with Crippen LogP contribution in [-0.4, -0.2) is 11.2 Å². The van der Waals surface area contributed by atoms with Crippen molar-refractivity contribution in [1.82, 2.24) is 0 Å². The molecule has 0 bridgehead atoms. The Kier molecular flexibility index (Phi) is 2.70. The van der Waals surface area contributed by atoms with E-state index in [0.29, 0.717) is 5.92 Å². The Morgan fingerprint density at radius 1 is 1.46 bits per heavy atom. The highest BCUT2D eigenvalue weighted by atomic mass is 32.1. The molecule has 2 rings (SSSR count). The number of aliphatic hydroxyl groups is 1. The summed E-state index contributed by atoms with van der Waals surface area (Å²) >= 11 is 1.82. The Balaban J connectivity index is 2.12. The summed E-state index contributed by atoms with van der Waals surface area (Å²) in [5.74, 6) is 0.620. The van der Waals surface area contributed by atoms with Crippen LogP contribution in [0.3, 0.4) is 0 Å². The lowest BCUT2D eigenvalue weighted by Crippen LogP contribution is -2.18. The zero-order valence-corrected chi connectivity index (χ0v) is 8.81. The molecular formula is C11H16OS. The molecule has 72 valence electrons. The molecule has 1 N–H and O–H groups in total. The minimum absolute atomic E-state index is 0.0574. The van der Waals surface area contributed by atoms with E-state index in [4.69, 9.17) is 0 Å². The second-order valence-corrected chi connectivity index (χ2v) is 5.07. The summed E-state index contributed by atoms with van der Waals surface area (Å²) in [6, 6.07) is 2.22. The van der Waals surface area contributed by atoms with Gasteiger partial charge in [0.15, 0.2) is 0 Å². The maximum absolute atomic E-state index is 9.57. The summed E-state index contributed by atoms with van der Waals surface area (Å²) < 4.78 is 0. The zero-order valence-electron chi connectivity index (χ0n) is 7.99. The molecule has 1 heterocycles. The van der Waals surface area contributed by atoms with Crippen LogP contribution < -0.4 is 0 Å². The molecule has 1 aliphatic carbocycles. The highest BCUT2D eigenvalue weighted by Crippen LogP contribution is 2.35. The van der Waals surface area contributed by atoms with Gasteiger partial charge in [-0.05, 0) is 49.1 Å². The Bertz CT molecular complexity index is 279. The number of hydrogen-bond acceptors (Lipinski definition) is 2. The quantitative estimate of drug-likeness (QED) is 0.732. The van der Waals surface area contributed by atoms with Crippen molar-refractivity contribution >= 4 is 11.3 Å². The van der Waals surface area contributed by atoms with Crippen LogP contribution in [0.1, 0.15) is 42.0 Å². The highest BCUT2D eigenvalue weighted by Gasteiger charge is 2.22. The molecule has 2 atom stereocenters. The fourth-order valence-electron chi connectivity index (χ4n) is 2.26. The molecule has 0 amide bonds. The van der Waals surface area contributed by atoms with Crippen molar-refractivity contribution in [3.63, 3.8) is 0 Å². The molecule has 0 aromatic carbocycles. The van der Waals surface area contributed by atoms with Crippen molar-refractivity contribution in [2.24, 2.45) is 0 Å². The molecule has 13 heavy (non-hydrogen) atoms. The van der Waals surface area contributed by atoms with E-state index in [0.717, 1.165) is 12.8 Å². The first-order valence-electron chi connectivity index (χ1n) is 4.99. The van der Waals surface area contributed by atoms with Crippen LogP contribution in [0, 0.1) is 6.92 Å². The lowest BCUT2D eigenvalue weighted by molar-refractivity contribution is 0.119. The molecule has 2 unspecified atom stereocenters. The van der Waals surface area contributed by atoms with Gasteiger partial charge in [0.2, 0.25) is 0 Å². The maximum atomic E-state index is 9.57. The van der Waals surface area contributed by atoms with Gasteiger partial charge < -0.3 is 5.11 Å². The molecule has 1 aliphatic rings. The highest BCUT2D eigenvalue weighted by molar-refractivity contribution is 7.10. The summed E-state index contributed by atoms with van der Waals surface area (Å²) in [6.07, 6.45) is 4.35. The average Bonchev–Trinajstić information content (AvgIpc) is 2.51. The molecule has 1 aromatic heterocycles. The van der Waals surface area contributed by atoms with Gasteiger partial charge in [-0.2, -0.15) is 0 Å². The zero-order chi connectivity index (χ0) is 9.26. The molecule has 0 radical (unpaired) electrons. The first-order chi connectivity index (χ1) is 6.27. The van der Waals surface area contributed by atoms with E-state index in [9.17, 15) is 5.11 Å². The van der Waals surface area contributed by atoms with Gasteiger partial charge in [-0.25, -0.2) is 0 Å². The maximum Gasteiger partial charge on any atom is 0.0546 e. The third-order valence-corrected chi connectivity index (χ3v) is 3.85. The topological polar surface area (TPSA) is 20.2 Å². The first kappa shape index (κ1) is 9.22. The van der Waals surface area contributed by atoms with Crippen LogP contribution in [0.4, 0.5) is 0 Å². The van der Waals surface area contributed by atoms with E-state index in [1.54, 1.807) is 0 Å². The largest absolute Gasteiger partial charge is 0.393 e. The van der Waals surface area contributed by atoms with Crippen molar-refractivity contribution in [3.8, 4) is 0 Å². The van der Waals surface area contributed by atoms with E-state index >= 15 is 0 Å². The smallest absolute Gasteiger partial charge is 0.0546 e. The summed E-state index contributed by atoms with van der Waals surface area (Å²) in [6.45, 7) is 2.18. The van der Waals surface area contributed by atoms with E-state index < -0.39 is 0 Å². The van der Waals surface area contributed by atoms with Gasteiger partial charge in [0.1, 0.15) is 0 Å². The standard InChI is InChI=1S/C11H16OS/c1-8-11(5-6-13-8)9-3-2-4-10(12)7-9/h5-6,9-10,12H,2-4,7H2,1H3. The Morgan fingerprint density at radius 2 is 2.31 bits per heavy atom. The second kappa shape index (κ2) is 3.81. The van der Waals surface area contributed by atoms with Gasteiger partial charge in [0.05, 0.1) is 6.10 Å². The molecule has 0 aliphatic heterocycles. The van der Waals surface area contributed by atoms with Gasteiger partial charge in [-0.1, -0.05) is 6.42 Å². The molecule has 1 aromatic rings. The van der Waals surface area contributed by atoms with Crippen molar-refractivity contribution in [1.29, 1.82) is 0 Å². The fourth-order valence-corrected chi connectivity index (χ4v) is 3.05. The Hall–Kier alpha value is -0.340. The van der Waals surface area contributed by atoms with Gasteiger partial charge in [0, 0.05) is 4.88 Å². The van der Waals surface area contributed by atoms with Crippen LogP contribution in [0.5, 0.6) is 0 Å². The van der Waals surface area contributed by atoms with Crippen molar-refractivity contribution in [2.75, 3.05) is 0 Å². The number of rotatable bonds is 1. The molecular weight excluding hydrogens is 180 g/mol. The average molecular weight is 196 g/mol. The predicted octanol–water partition coefficient (Wildman–Crippen LogP) is 3.08. The van der Waals surface area contributed by atoms with Gasteiger partial charge >= 0.3 is 0 Å². The molecule has 0 spiro atoms. The molecule has 1 nitrogen and oxygen atoms in total. The number of aliphatic hydroxyl groups excluding tert-OH is 1. The minimum Gasteiger partial charge on any atom is -0.393 e. The first-order valence-corrected chi connectivity index (χ1v) is 5.87. The van der Waals surface area contributed by atoms with E-state index in [1.807, 2.05) is 11.3 Å². The minimum atomic E-state index is -0.0574. The second-order valence-electron chi connectivity index (χ2n) is 3.95. The Morgan fingerprint density at radius 3 is 2.92 bits per heavy atom. The summed E-state index contributed by atoms with van der Waals surface area (Å²) in [7, 11) is 0. The molecule has 1 fully saturated rings. The van der Waals surface area contributed by atoms with Crippen LogP contribution in [0.15, 0.2) is 11.4 Å². The monoisotopic (exact) mass is 196 g/mol. The normalized spacial score (nSPS) is 29.1. The number of hydrogen-bond donors (Lipinski definition) is 1. The van der Waals surface area contributed by atoms with Crippen LogP contribution in [0.25, 0.3) is 0 Å². The molecule has 0 saturated heterocycles. The van der Waals surface area contributed by atoms with Gasteiger partial charge in [-0.15, -0.1) is 11.3 Å². The van der Waals surface area contributed by atoms with Crippen molar-refractivity contribution in [3.05, 3.63) is 21.9 Å². The van der Waals surface area contributed by atoms with E-state index in [2.05, 4.69) is 18.4 Å². The predicted molar refractivity (Wildman–Crippen MR) is 56.3 cm³/mol. The third-order valence-electron chi connectivity index (χ3n) is 2.99. The SMILES string of the molecule is Cc1sccc1C1CCCC(O)C1. The van der Waals surface area contributed by atoms with E-state index in [-0.39, 0.29) is 6.10 Å². The molecule has 1 saturated carbocycles. The van der Waals surface area contributed by atoms with Crippen molar-refractivity contribution < 1.29 is 5.11 Å². The Labute approximate surface area is 83.4 Å². The van der Waals surface area contributed by atoms with Gasteiger partial charge in [-0.3, -0.25) is 0 Å². The molecule has 2 heteroatoms. The van der Waals surface area contributed by atoms with Crippen LogP contribution in [0.2, 0.25) is 0 Å². The summed E-state index contributed by atoms with van der Waals surface area (Å²) in [5, 5.41) is 11.7. The number of thiophene rings is 1. The number of aryl methyl sites for hydroxylation is 1. The van der Waals surface area contributed by atoms with Crippen molar-refractivity contribution in [2.45, 2.75) is 44.6 Å². The fraction of sp³-hybridized carbons (Fsp3) is 0.636. The third kappa shape index (κ3) is 1.94. The van der Waals surface area contributed by atoms with Gasteiger partial charge in [0.25, 0.3) is 0 Å². The lowest BCUT2D eigenvalue weighted by atomic mass is 9.83. The summed E-state index contributed by atoms with van der Waals surface area (Å²) in [5.41, 5.74) is 1.48. The van der Waals surface area contributed by atoms with Crippen LogP contribution >= 0.6 is 11.3 Å². The van der Waals surface area contributed by atoms with Crippen LogP contribution in [-0.2, 0) is 0 Å². The summed E-state index contributed by atoms with van der Waals surface area (Å²) in [4.78, 5) is 1.43. The van der Waals surface area contributed by atoms with E-state index in [1.165, 1.54) is 23.3 Å². The lowest BCUT2D eigenvalue weighted by Gasteiger charge is -2.25.